The second kappa shape index (κ2) is 8.56. The SMILES string of the molecule is C=Cc1[nH]cc(C)c1C(NC(C)=O)c1nc2c(s1)c1cnn(Cc3cccc4[nH]ncc34)c(=O)c1n2C. The number of nitrogens with one attached hydrogen (secondary N) is 3. The number of fused-ring (bicyclic) bond motifs is 4. The number of aromatic nitrogens is 7. The van der Waals surface area contributed by atoms with Gasteiger partial charge in [0, 0.05) is 42.2 Å². The number of rotatable bonds is 6. The molecule has 1 aromatic carbocycles. The van der Waals surface area contributed by atoms with Gasteiger partial charge in [0.2, 0.25) is 5.91 Å². The van der Waals surface area contributed by atoms with Gasteiger partial charge >= 0.3 is 0 Å². The fourth-order valence-electron chi connectivity index (χ4n) is 4.94. The number of hydrogen-bond acceptors (Lipinski definition) is 6. The first-order valence-corrected chi connectivity index (χ1v) is 12.5. The zero-order valence-corrected chi connectivity index (χ0v) is 21.3. The molecule has 1 amide bonds. The molecule has 0 bridgehead atoms. The molecule has 0 fully saturated rings. The fraction of sp³-hybridized carbons (Fsp3) is 0.192. The van der Waals surface area contributed by atoms with Crippen LogP contribution in [0.25, 0.3) is 38.2 Å². The number of carbonyl (C=O) groups excluding carboxylic acids is 1. The van der Waals surface area contributed by atoms with Crippen LogP contribution in [0.3, 0.4) is 0 Å². The standard InChI is InChI=1S/C26H24N8O2S/c1-5-18-20(13(2)9-27-18)21(30-14(3)35)25-31-24-23(37-25)17-11-29-34(26(36)22(17)33(24)4)12-15-7-6-8-19-16(15)10-28-32-19/h5-11,21,27H,1,12H2,2-4H3,(H,28,32)(H,30,35). The monoisotopic (exact) mass is 512 g/mol. The zero-order valence-electron chi connectivity index (χ0n) is 20.5. The molecule has 0 radical (unpaired) electrons. The first-order chi connectivity index (χ1) is 17.9. The summed E-state index contributed by atoms with van der Waals surface area (Å²) in [6, 6.07) is 5.39. The Hall–Kier alpha value is -4.51. The highest BCUT2D eigenvalue weighted by molar-refractivity contribution is 7.19. The molecule has 0 aliphatic heterocycles. The highest BCUT2D eigenvalue weighted by Crippen LogP contribution is 2.37. The molecule has 10 nitrogen and oxygen atoms in total. The maximum Gasteiger partial charge on any atom is 0.291 e. The van der Waals surface area contributed by atoms with Crippen molar-refractivity contribution in [2.24, 2.45) is 7.05 Å². The Bertz CT molecular complexity index is 1900. The molecule has 0 aliphatic carbocycles. The van der Waals surface area contributed by atoms with Gasteiger partial charge in [0.1, 0.15) is 16.6 Å². The molecule has 37 heavy (non-hydrogen) atoms. The van der Waals surface area contributed by atoms with E-state index >= 15 is 0 Å². The van der Waals surface area contributed by atoms with E-state index in [1.54, 1.807) is 18.5 Å². The molecule has 0 saturated carbocycles. The lowest BCUT2D eigenvalue weighted by Gasteiger charge is -2.17. The van der Waals surface area contributed by atoms with Gasteiger partial charge in [-0.25, -0.2) is 9.67 Å². The maximum absolute atomic E-state index is 13.5. The highest BCUT2D eigenvalue weighted by atomic mass is 32.1. The van der Waals surface area contributed by atoms with Gasteiger partial charge in [0.25, 0.3) is 5.56 Å². The predicted octanol–water partition coefficient (Wildman–Crippen LogP) is 3.77. The Kier molecular flexibility index (Phi) is 5.30. The van der Waals surface area contributed by atoms with Gasteiger partial charge in [0.05, 0.1) is 29.2 Å². The predicted molar refractivity (Wildman–Crippen MR) is 145 cm³/mol. The molecule has 186 valence electrons. The molecule has 1 atom stereocenters. The molecule has 5 heterocycles. The Balaban J connectivity index is 1.47. The fourth-order valence-corrected chi connectivity index (χ4v) is 6.11. The number of aryl methyl sites for hydroxylation is 2. The summed E-state index contributed by atoms with van der Waals surface area (Å²) in [4.78, 5) is 33.8. The van der Waals surface area contributed by atoms with Crippen molar-refractivity contribution in [2.45, 2.75) is 26.4 Å². The molecule has 11 heteroatoms. The maximum atomic E-state index is 13.5. The van der Waals surface area contributed by atoms with E-state index in [-0.39, 0.29) is 11.5 Å². The minimum absolute atomic E-state index is 0.165. The van der Waals surface area contributed by atoms with Crippen LogP contribution in [0.2, 0.25) is 0 Å². The zero-order chi connectivity index (χ0) is 25.8. The van der Waals surface area contributed by atoms with Gasteiger partial charge in [-0.1, -0.05) is 18.7 Å². The van der Waals surface area contributed by atoms with E-state index in [4.69, 9.17) is 4.98 Å². The van der Waals surface area contributed by atoms with Gasteiger partial charge in [-0.15, -0.1) is 11.3 Å². The first kappa shape index (κ1) is 22.9. The van der Waals surface area contributed by atoms with E-state index in [9.17, 15) is 9.59 Å². The molecular weight excluding hydrogens is 488 g/mol. The van der Waals surface area contributed by atoms with Gasteiger partial charge in [0.15, 0.2) is 5.65 Å². The van der Waals surface area contributed by atoms with E-state index in [1.807, 2.05) is 42.9 Å². The van der Waals surface area contributed by atoms with Gasteiger partial charge < -0.3 is 14.9 Å². The van der Waals surface area contributed by atoms with Crippen LogP contribution in [-0.2, 0) is 18.4 Å². The summed E-state index contributed by atoms with van der Waals surface area (Å²) >= 11 is 1.45. The van der Waals surface area contributed by atoms with Gasteiger partial charge in [-0.05, 0) is 30.2 Å². The molecule has 0 saturated heterocycles. The van der Waals surface area contributed by atoms with Crippen LogP contribution < -0.4 is 10.9 Å². The third kappa shape index (κ3) is 3.58. The Morgan fingerprint density at radius 2 is 2.14 bits per heavy atom. The summed E-state index contributed by atoms with van der Waals surface area (Å²) in [7, 11) is 1.83. The molecule has 3 N–H and O–H groups in total. The van der Waals surface area contributed by atoms with Crippen LogP contribution in [0.4, 0.5) is 0 Å². The third-order valence-corrected chi connectivity index (χ3v) is 7.83. The van der Waals surface area contributed by atoms with Crippen molar-refractivity contribution >= 4 is 55.5 Å². The average Bonchev–Trinajstić information content (AvgIpc) is 3.64. The smallest absolute Gasteiger partial charge is 0.291 e. The van der Waals surface area contributed by atoms with Gasteiger partial charge in [-0.3, -0.25) is 14.7 Å². The number of aromatic amines is 2. The second-order valence-corrected chi connectivity index (χ2v) is 10.0. The Morgan fingerprint density at radius 3 is 2.92 bits per heavy atom. The second-order valence-electron chi connectivity index (χ2n) is 9.02. The van der Waals surface area contributed by atoms with Crippen molar-refractivity contribution in [1.82, 2.24) is 39.8 Å². The molecular formula is C26H24N8O2S. The topological polar surface area (TPSA) is 126 Å². The van der Waals surface area contributed by atoms with E-state index < -0.39 is 6.04 Å². The number of H-pyrrole nitrogens is 2. The molecule has 5 aromatic heterocycles. The number of nitrogens with zero attached hydrogens (tertiary/aromatic N) is 5. The summed E-state index contributed by atoms with van der Waals surface area (Å²) in [5.74, 6) is -0.165. The molecule has 1 unspecified atom stereocenters. The number of thiazole rings is 1. The van der Waals surface area contributed by atoms with Crippen molar-refractivity contribution in [3.63, 3.8) is 0 Å². The Morgan fingerprint density at radius 1 is 1.30 bits per heavy atom. The number of carbonyl (C=O) groups is 1. The molecule has 0 aliphatic rings. The lowest BCUT2D eigenvalue weighted by Crippen LogP contribution is -2.27. The molecule has 0 spiro atoms. The minimum atomic E-state index is -0.451. The van der Waals surface area contributed by atoms with Crippen LogP contribution in [0, 0.1) is 6.92 Å². The summed E-state index contributed by atoms with van der Waals surface area (Å²) in [5, 5.41) is 17.0. The number of amides is 1. The van der Waals surface area contributed by atoms with Crippen LogP contribution in [0.5, 0.6) is 0 Å². The van der Waals surface area contributed by atoms with Crippen molar-refractivity contribution in [1.29, 1.82) is 0 Å². The Labute approximate surface area is 214 Å². The van der Waals surface area contributed by atoms with Crippen molar-refractivity contribution in [2.75, 3.05) is 0 Å². The molecule has 6 aromatic rings. The van der Waals surface area contributed by atoms with E-state index in [0.717, 1.165) is 48.4 Å². The van der Waals surface area contributed by atoms with Crippen molar-refractivity contribution in [3.8, 4) is 0 Å². The summed E-state index contributed by atoms with van der Waals surface area (Å²) in [5.41, 5.74) is 5.63. The number of hydrogen-bond donors (Lipinski definition) is 3. The summed E-state index contributed by atoms with van der Waals surface area (Å²) < 4.78 is 4.13. The minimum Gasteiger partial charge on any atom is -0.361 e. The quantitative estimate of drug-likeness (QED) is 0.313. The normalized spacial score (nSPS) is 12.5. The van der Waals surface area contributed by atoms with Crippen LogP contribution in [0.1, 0.15) is 40.4 Å². The summed E-state index contributed by atoms with van der Waals surface area (Å²) in [6.07, 6.45) is 7.10. The van der Waals surface area contributed by atoms with Gasteiger partial charge in [-0.2, -0.15) is 10.2 Å². The first-order valence-electron chi connectivity index (χ1n) is 11.7. The lowest BCUT2D eigenvalue weighted by molar-refractivity contribution is -0.119. The average molecular weight is 513 g/mol. The third-order valence-electron chi connectivity index (χ3n) is 6.68. The van der Waals surface area contributed by atoms with E-state index in [0.29, 0.717) is 17.7 Å². The van der Waals surface area contributed by atoms with E-state index in [2.05, 4.69) is 32.2 Å². The van der Waals surface area contributed by atoms with E-state index in [1.165, 1.54) is 22.9 Å². The lowest BCUT2D eigenvalue weighted by atomic mass is 10.0. The number of benzene rings is 1. The summed E-state index contributed by atoms with van der Waals surface area (Å²) in [6.45, 7) is 7.68. The van der Waals surface area contributed by atoms with Crippen LogP contribution in [0.15, 0.2) is 48.2 Å². The van der Waals surface area contributed by atoms with Crippen molar-refractivity contribution in [3.05, 3.63) is 81.1 Å². The highest BCUT2D eigenvalue weighted by Gasteiger charge is 2.27. The van der Waals surface area contributed by atoms with Crippen LogP contribution >= 0.6 is 11.3 Å². The molecule has 6 rings (SSSR count). The van der Waals surface area contributed by atoms with Crippen molar-refractivity contribution < 1.29 is 4.79 Å². The largest absolute Gasteiger partial charge is 0.361 e. The van der Waals surface area contributed by atoms with Crippen LogP contribution in [-0.4, -0.2) is 40.4 Å².